The van der Waals surface area contributed by atoms with Crippen molar-refractivity contribution in [1.29, 1.82) is 0 Å². The van der Waals surface area contributed by atoms with Gasteiger partial charge in [-0.05, 0) is 17.7 Å². The van der Waals surface area contributed by atoms with Gasteiger partial charge < -0.3 is 5.73 Å². The molecule has 1 atom stereocenters. The van der Waals surface area contributed by atoms with Gasteiger partial charge >= 0.3 is 6.03 Å². The second-order valence-corrected chi connectivity index (χ2v) is 4.25. The van der Waals surface area contributed by atoms with Crippen molar-refractivity contribution in [3.05, 3.63) is 34.9 Å². The molecule has 0 aliphatic carbocycles. The van der Waals surface area contributed by atoms with Crippen molar-refractivity contribution in [3.8, 4) is 0 Å². The van der Waals surface area contributed by atoms with Gasteiger partial charge in [0.25, 0.3) is 0 Å². The number of rotatable bonds is 1. The van der Waals surface area contributed by atoms with E-state index in [1.54, 1.807) is 12.1 Å². The zero-order valence-corrected chi connectivity index (χ0v) is 9.61. The summed E-state index contributed by atoms with van der Waals surface area (Å²) in [5, 5.41) is 6.17. The Labute approximate surface area is 98.7 Å². The number of hydrogen-bond donors (Lipinski definition) is 1. The van der Waals surface area contributed by atoms with E-state index in [-0.39, 0.29) is 5.92 Å². The third-order valence-electron chi connectivity index (χ3n) is 2.54. The highest BCUT2D eigenvalue weighted by molar-refractivity contribution is 6.30. The normalized spacial score (nSPS) is 19.8. The summed E-state index contributed by atoms with van der Waals surface area (Å²) < 4.78 is 0. The lowest BCUT2D eigenvalue weighted by molar-refractivity contribution is 0.212. The van der Waals surface area contributed by atoms with Crippen LogP contribution in [0.4, 0.5) is 4.79 Å². The molecule has 1 aliphatic heterocycles. The number of nitrogens with two attached hydrogens (primary N) is 1. The van der Waals surface area contributed by atoms with E-state index in [1.165, 1.54) is 5.01 Å². The van der Waals surface area contributed by atoms with Crippen LogP contribution in [0.3, 0.4) is 0 Å². The van der Waals surface area contributed by atoms with Gasteiger partial charge in [0, 0.05) is 10.9 Å². The Morgan fingerprint density at radius 2 is 2.12 bits per heavy atom. The van der Waals surface area contributed by atoms with Gasteiger partial charge in [-0.2, -0.15) is 5.10 Å². The molecule has 1 unspecified atom stereocenters. The Balaban J connectivity index is 2.30. The van der Waals surface area contributed by atoms with Gasteiger partial charge in [0.2, 0.25) is 0 Å². The van der Waals surface area contributed by atoms with Crippen LogP contribution in [-0.4, -0.2) is 23.3 Å². The number of hydrogen-bond acceptors (Lipinski definition) is 2. The monoisotopic (exact) mass is 237 g/mol. The highest BCUT2D eigenvalue weighted by Crippen LogP contribution is 2.20. The Kier molecular flexibility index (Phi) is 2.83. The van der Waals surface area contributed by atoms with Gasteiger partial charge in [-0.3, -0.25) is 0 Å². The van der Waals surface area contributed by atoms with Gasteiger partial charge in [0.15, 0.2) is 0 Å². The SMILES string of the molecule is CC1CN(C(N)=O)N=C1c1ccc(Cl)cc1. The van der Waals surface area contributed by atoms with Crippen molar-refractivity contribution >= 4 is 23.3 Å². The van der Waals surface area contributed by atoms with E-state index in [0.717, 1.165) is 11.3 Å². The van der Waals surface area contributed by atoms with E-state index in [2.05, 4.69) is 5.10 Å². The van der Waals surface area contributed by atoms with E-state index < -0.39 is 6.03 Å². The van der Waals surface area contributed by atoms with E-state index in [9.17, 15) is 4.79 Å². The number of primary amides is 1. The minimum absolute atomic E-state index is 0.189. The van der Waals surface area contributed by atoms with Crippen molar-refractivity contribution in [2.45, 2.75) is 6.92 Å². The first-order valence-electron chi connectivity index (χ1n) is 4.99. The molecular formula is C11H12ClN3O. The van der Waals surface area contributed by atoms with Crippen molar-refractivity contribution in [1.82, 2.24) is 5.01 Å². The van der Waals surface area contributed by atoms with Gasteiger partial charge in [-0.25, -0.2) is 9.80 Å². The van der Waals surface area contributed by atoms with E-state index in [1.807, 2.05) is 19.1 Å². The summed E-state index contributed by atoms with van der Waals surface area (Å²) in [4.78, 5) is 11.0. The zero-order chi connectivity index (χ0) is 11.7. The fourth-order valence-corrected chi connectivity index (χ4v) is 1.84. The van der Waals surface area contributed by atoms with Gasteiger partial charge in [0.05, 0.1) is 12.3 Å². The standard InChI is InChI=1S/C11H12ClN3O/c1-7-6-15(11(13)16)14-10(7)8-2-4-9(12)5-3-8/h2-5,7H,6H2,1H3,(H2,13,16). The molecule has 0 spiro atoms. The molecule has 1 aromatic carbocycles. The molecule has 2 rings (SSSR count). The Morgan fingerprint density at radius 3 is 2.62 bits per heavy atom. The molecule has 2 amide bonds. The second kappa shape index (κ2) is 4.14. The van der Waals surface area contributed by atoms with Crippen LogP contribution in [0.5, 0.6) is 0 Å². The zero-order valence-electron chi connectivity index (χ0n) is 8.85. The number of halogens is 1. The van der Waals surface area contributed by atoms with Crippen LogP contribution in [0.15, 0.2) is 29.4 Å². The van der Waals surface area contributed by atoms with Crippen LogP contribution in [0, 0.1) is 5.92 Å². The van der Waals surface area contributed by atoms with Crippen LogP contribution >= 0.6 is 11.6 Å². The van der Waals surface area contributed by atoms with Gasteiger partial charge in [0.1, 0.15) is 0 Å². The summed E-state index contributed by atoms with van der Waals surface area (Å²) >= 11 is 5.81. The molecule has 0 fully saturated rings. The molecule has 1 heterocycles. The molecule has 0 radical (unpaired) electrons. The summed E-state index contributed by atoms with van der Waals surface area (Å²) in [7, 11) is 0. The predicted octanol–water partition coefficient (Wildman–Crippen LogP) is 2.07. The molecular weight excluding hydrogens is 226 g/mol. The molecule has 0 saturated carbocycles. The summed E-state index contributed by atoms with van der Waals surface area (Å²) in [5.41, 5.74) is 7.03. The average Bonchev–Trinajstić information content (AvgIpc) is 2.62. The lowest BCUT2D eigenvalue weighted by Gasteiger charge is -2.07. The molecule has 4 nitrogen and oxygen atoms in total. The topological polar surface area (TPSA) is 58.7 Å². The molecule has 1 aromatic rings. The maximum absolute atomic E-state index is 11.0. The van der Waals surface area contributed by atoms with Crippen LogP contribution in [0.1, 0.15) is 12.5 Å². The first-order valence-corrected chi connectivity index (χ1v) is 5.37. The molecule has 16 heavy (non-hydrogen) atoms. The van der Waals surface area contributed by atoms with Gasteiger partial charge in [-0.1, -0.05) is 30.7 Å². The third kappa shape index (κ3) is 2.02. The summed E-state index contributed by atoms with van der Waals surface area (Å²) in [6.07, 6.45) is 0. The number of benzene rings is 1. The first kappa shape index (κ1) is 11.0. The predicted molar refractivity (Wildman–Crippen MR) is 63.4 cm³/mol. The average molecular weight is 238 g/mol. The minimum Gasteiger partial charge on any atom is -0.350 e. The molecule has 84 valence electrons. The number of amides is 2. The van der Waals surface area contributed by atoms with Crippen LogP contribution in [0.2, 0.25) is 5.02 Å². The highest BCUT2D eigenvalue weighted by atomic mass is 35.5. The van der Waals surface area contributed by atoms with Crippen molar-refractivity contribution in [2.75, 3.05) is 6.54 Å². The minimum atomic E-state index is -0.518. The molecule has 0 aromatic heterocycles. The Hall–Kier alpha value is -1.55. The van der Waals surface area contributed by atoms with Crippen molar-refractivity contribution in [2.24, 2.45) is 16.8 Å². The number of carbonyl (C=O) groups is 1. The Bertz CT molecular complexity index is 441. The van der Waals surface area contributed by atoms with E-state index in [0.29, 0.717) is 11.6 Å². The fourth-order valence-electron chi connectivity index (χ4n) is 1.72. The van der Waals surface area contributed by atoms with Crippen LogP contribution in [0.25, 0.3) is 0 Å². The molecule has 5 heteroatoms. The van der Waals surface area contributed by atoms with Crippen molar-refractivity contribution in [3.63, 3.8) is 0 Å². The van der Waals surface area contributed by atoms with Crippen molar-refractivity contribution < 1.29 is 4.79 Å². The summed E-state index contributed by atoms with van der Waals surface area (Å²) in [6, 6.07) is 6.87. The first-order chi connectivity index (χ1) is 7.58. The van der Waals surface area contributed by atoms with E-state index >= 15 is 0 Å². The summed E-state index contributed by atoms with van der Waals surface area (Å²) in [5.74, 6) is 0.189. The smallest absolute Gasteiger partial charge is 0.335 e. The maximum atomic E-state index is 11.0. The van der Waals surface area contributed by atoms with E-state index in [4.69, 9.17) is 17.3 Å². The fraction of sp³-hybridized carbons (Fsp3) is 0.273. The molecule has 2 N–H and O–H groups in total. The van der Waals surface area contributed by atoms with Crippen LogP contribution in [-0.2, 0) is 0 Å². The van der Waals surface area contributed by atoms with Gasteiger partial charge in [-0.15, -0.1) is 0 Å². The second-order valence-electron chi connectivity index (χ2n) is 3.81. The summed E-state index contributed by atoms with van der Waals surface area (Å²) in [6.45, 7) is 2.55. The lowest BCUT2D eigenvalue weighted by Crippen LogP contribution is -2.30. The number of carbonyl (C=O) groups excluding carboxylic acids is 1. The molecule has 0 saturated heterocycles. The maximum Gasteiger partial charge on any atom is 0.335 e. The highest BCUT2D eigenvalue weighted by Gasteiger charge is 2.26. The van der Waals surface area contributed by atoms with Crippen LogP contribution < -0.4 is 5.73 Å². The molecule has 0 bridgehead atoms. The Morgan fingerprint density at radius 1 is 1.50 bits per heavy atom. The lowest BCUT2D eigenvalue weighted by atomic mass is 10.00. The number of nitrogens with zero attached hydrogens (tertiary/aromatic N) is 2. The molecule has 1 aliphatic rings. The largest absolute Gasteiger partial charge is 0.350 e. The third-order valence-corrected chi connectivity index (χ3v) is 2.79. The number of urea groups is 1. The number of hydrazone groups is 1. The quantitative estimate of drug-likeness (QED) is 0.799.